The average molecular weight is 331 g/mol. The fourth-order valence-corrected chi connectivity index (χ4v) is 10.2. The van der Waals surface area contributed by atoms with E-state index in [-0.39, 0.29) is 0 Å². The van der Waals surface area contributed by atoms with Gasteiger partial charge in [0, 0.05) is 33.5 Å². The topological polar surface area (TPSA) is 0 Å². The predicted molar refractivity (Wildman–Crippen MR) is 92.1 cm³/mol. The third-order valence-electron chi connectivity index (χ3n) is 2.81. The van der Waals surface area contributed by atoms with Crippen molar-refractivity contribution < 1.29 is 0 Å². The lowest BCUT2D eigenvalue weighted by atomic mass is 10.2. The average Bonchev–Trinajstić information content (AvgIpc) is 2.97. The Labute approximate surface area is 127 Å². The molecule has 2 rings (SSSR count). The second kappa shape index (κ2) is 7.04. The van der Waals surface area contributed by atoms with Crippen LogP contribution >= 0.6 is 72.3 Å². The van der Waals surface area contributed by atoms with E-state index in [0.717, 1.165) is 37.1 Å². The summed E-state index contributed by atoms with van der Waals surface area (Å²) in [7, 11) is 0. The van der Waals surface area contributed by atoms with Crippen molar-refractivity contribution in [2.24, 2.45) is 5.92 Å². The quantitative estimate of drug-likeness (QED) is 0.751. The molecule has 0 spiro atoms. The van der Waals surface area contributed by atoms with E-state index >= 15 is 0 Å². The van der Waals surface area contributed by atoms with Gasteiger partial charge in [-0.15, -0.1) is 47.0 Å². The van der Waals surface area contributed by atoms with Gasteiger partial charge in [0.2, 0.25) is 0 Å². The van der Waals surface area contributed by atoms with Crippen LogP contribution in [0.25, 0.3) is 0 Å². The van der Waals surface area contributed by atoms with E-state index in [0.29, 0.717) is 0 Å². The van der Waals surface area contributed by atoms with Gasteiger partial charge >= 0.3 is 0 Å². The first kappa shape index (κ1) is 14.5. The molecule has 0 saturated carbocycles. The molecular weight excluding hydrogens is 313 g/mol. The molecule has 0 aromatic rings. The number of hydrogen-bond acceptors (Lipinski definition) is 6. The van der Waals surface area contributed by atoms with Gasteiger partial charge in [0.25, 0.3) is 0 Å². The van der Waals surface area contributed by atoms with Crippen LogP contribution in [0.4, 0.5) is 0 Å². The molecule has 6 heteroatoms. The van der Waals surface area contributed by atoms with Crippen molar-refractivity contribution in [3.8, 4) is 0 Å². The molecule has 0 amide bonds. The SMILES string of the molecule is CC(C1SCC(CS)S1)C1SCC(CS)S1. The summed E-state index contributed by atoms with van der Waals surface area (Å²) in [6.45, 7) is 2.43. The van der Waals surface area contributed by atoms with Crippen molar-refractivity contribution in [2.45, 2.75) is 26.6 Å². The maximum absolute atomic E-state index is 4.41. The Morgan fingerprint density at radius 2 is 1.44 bits per heavy atom. The molecule has 0 bridgehead atoms. The summed E-state index contributed by atoms with van der Waals surface area (Å²) in [6, 6.07) is 0. The summed E-state index contributed by atoms with van der Waals surface area (Å²) in [5, 5.41) is 1.55. The summed E-state index contributed by atoms with van der Waals surface area (Å²) in [4.78, 5) is 0. The molecule has 2 heterocycles. The first-order valence-corrected chi connectivity index (χ1v) is 10.7. The minimum Gasteiger partial charge on any atom is -0.178 e. The number of rotatable bonds is 4. The molecule has 4 unspecified atom stereocenters. The predicted octanol–water partition coefficient (Wildman–Crippen LogP) is 3.83. The van der Waals surface area contributed by atoms with Gasteiger partial charge in [0.15, 0.2) is 0 Å². The Morgan fingerprint density at radius 3 is 1.75 bits per heavy atom. The maximum Gasteiger partial charge on any atom is 0.0550 e. The lowest BCUT2D eigenvalue weighted by molar-refractivity contribution is 0.710. The van der Waals surface area contributed by atoms with Crippen LogP contribution in [0, 0.1) is 5.92 Å². The Morgan fingerprint density at radius 1 is 1.00 bits per heavy atom. The first-order chi connectivity index (χ1) is 7.74. The van der Waals surface area contributed by atoms with Crippen molar-refractivity contribution in [2.75, 3.05) is 23.0 Å². The molecule has 4 atom stereocenters. The fourth-order valence-electron chi connectivity index (χ4n) is 1.81. The van der Waals surface area contributed by atoms with Crippen LogP contribution in [0.3, 0.4) is 0 Å². The maximum atomic E-state index is 4.41. The highest BCUT2D eigenvalue weighted by Crippen LogP contribution is 2.50. The lowest BCUT2D eigenvalue weighted by Gasteiger charge is -2.23. The van der Waals surface area contributed by atoms with E-state index in [1.807, 2.05) is 0 Å². The molecule has 0 nitrogen and oxygen atoms in total. The van der Waals surface area contributed by atoms with Gasteiger partial charge in [0.05, 0.1) is 9.16 Å². The van der Waals surface area contributed by atoms with Gasteiger partial charge < -0.3 is 0 Å². The molecule has 0 aliphatic carbocycles. The van der Waals surface area contributed by atoms with E-state index in [1.165, 1.54) is 11.5 Å². The first-order valence-electron chi connectivity index (χ1n) is 5.50. The second-order valence-electron chi connectivity index (χ2n) is 4.14. The van der Waals surface area contributed by atoms with E-state index in [1.54, 1.807) is 0 Å². The minimum absolute atomic E-state index is 0.776. The number of thiol groups is 2. The number of thioether (sulfide) groups is 4. The summed E-state index contributed by atoms with van der Waals surface area (Å²) in [5.74, 6) is 5.46. The van der Waals surface area contributed by atoms with E-state index in [2.05, 4.69) is 79.2 Å². The van der Waals surface area contributed by atoms with E-state index in [4.69, 9.17) is 0 Å². The van der Waals surface area contributed by atoms with Crippen LogP contribution < -0.4 is 0 Å². The smallest absolute Gasteiger partial charge is 0.0550 e. The zero-order chi connectivity index (χ0) is 11.5. The molecule has 0 N–H and O–H groups in total. The van der Waals surface area contributed by atoms with Gasteiger partial charge in [-0.25, -0.2) is 0 Å². The molecule has 2 saturated heterocycles. The zero-order valence-corrected chi connectivity index (χ0v) is 14.3. The standard InChI is InChI=1S/C10H18S6/c1-6(9-13-4-7(2-11)15-9)10-14-5-8(3-12)16-10/h6-12H,2-5H2,1H3. The van der Waals surface area contributed by atoms with Gasteiger partial charge in [-0.05, 0) is 5.92 Å². The van der Waals surface area contributed by atoms with Crippen molar-refractivity contribution in [3.05, 3.63) is 0 Å². The van der Waals surface area contributed by atoms with Crippen LogP contribution in [0.15, 0.2) is 0 Å². The molecular formula is C10H18S6. The summed E-state index contributed by atoms with van der Waals surface area (Å²) in [5.41, 5.74) is 0. The highest BCUT2D eigenvalue weighted by atomic mass is 32.2. The Balaban J connectivity index is 1.82. The van der Waals surface area contributed by atoms with Gasteiger partial charge in [-0.2, -0.15) is 25.3 Å². The van der Waals surface area contributed by atoms with Crippen LogP contribution in [0.1, 0.15) is 6.92 Å². The Hall–Kier alpha value is 2.10. The van der Waals surface area contributed by atoms with Crippen LogP contribution in [0.5, 0.6) is 0 Å². The number of hydrogen-bond donors (Lipinski definition) is 2. The van der Waals surface area contributed by atoms with E-state index in [9.17, 15) is 0 Å². The van der Waals surface area contributed by atoms with E-state index < -0.39 is 0 Å². The molecule has 2 fully saturated rings. The Bertz CT molecular complexity index is 201. The Kier molecular flexibility index (Phi) is 6.38. The minimum atomic E-state index is 0.776. The van der Waals surface area contributed by atoms with Crippen molar-refractivity contribution in [1.29, 1.82) is 0 Å². The van der Waals surface area contributed by atoms with Crippen LogP contribution in [-0.4, -0.2) is 42.7 Å². The highest BCUT2D eigenvalue weighted by molar-refractivity contribution is 8.22. The summed E-state index contributed by atoms with van der Waals surface area (Å²) < 4.78 is 1.58. The third kappa shape index (κ3) is 3.56. The fraction of sp³-hybridized carbons (Fsp3) is 1.00. The second-order valence-corrected chi connectivity index (χ2v) is 10.7. The van der Waals surface area contributed by atoms with Crippen molar-refractivity contribution in [3.63, 3.8) is 0 Å². The van der Waals surface area contributed by atoms with Crippen LogP contribution in [0.2, 0.25) is 0 Å². The monoisotopic (exact) mass is 330 g/mol. The molecule has 2 aliphatic heterocycles. The summed E-state index contributed by atoms with van der Waals surface area (Å²) in [6.07, 6.45) is 0. The molecule has 0 radical (unpaired) electrons. The third-order valence-corrected chi connectivity index (χ3v) is 11.6. The van der Waals surface area contributed by atoms with Crippen LogP contribution in [-0.2, 0) is 0 Å². The van der Waals surface area contributed by atoms with Gasteiger partial charge in [-0.3, -0.25) is 0 Å². The van der Waals surface area contributed by atoms with Gasteiger partial charge in [-0.1, -0.05) is 6.92 Å². The zero-order valence-electron chi connectivity index (χ0n) is 9.24. The molecule has 0 aromatic heterocycles. The highest BCUT2D eigenvalue weighted by Gasteiger charge is 2.37. The molecule has 94 valence electrons. The lowest BCUT2D eigenvalue weighted by Crippen LogP contribution is -2.18. The van der Waals surface area contributed by atoms with Gasteiger partial charge in [0.1, 0.15) is 0 Å². The summed E-state index contributed by atoms with van der Waals surface area (Å²) >= 11 is 17.4. The van der Waals surface area contributed by atoms with Crippen molar-refractivity contribution >= 4 is 72.3 Å². The normalized spacial score (nSPS) is 41.4. The molecule has 2 aliphatic rings. The van der Waals surface area contributed by atoms with Crippen molar-refractivity contribution in [1.82, 2.24) is 0 Å². The largest absolute Gasteiger partial charge is 0.178 e. The molecule has 16 heavy (non-hydrogen) atoms. The molecule has 0 aromatic carbocycles.